The van der Waals surface area contributed by atoms with Crippen molar-refractivity contribution in [3.05, 3.63) is 66.7 Å². The second-order valence-electron chi connectivity index (χ2n) is 6.90. The minimum atomic E-state index is 0.0565. The summed E-state index contributed by atoms with van der Waals surface area (Å²) in [5.74, 6) is 0. The molecule has 3 heteroatoms. The number of fused-ring (bicyclic) bond motifs is 3. The first-order valence-electron chi connectivity index (χ1n) is 7.86. The number of nitrogens with zero attached hydrogens (tertiary/aromatic N) is 3. The lowest BCUT2D eigenvalue weighted by Gasteiger charge is -2.18. The molecule has 3 heterocycles. The lowest BCUT2D eigenvalue weighted by Crippen LogP contribution is -2.13. The molecule has 0 aliphatic rings. The van der Waals surface area contributed by atoms with Crippen LogP contribution in [0.4, 0.5) is 0 Å². The zero-order valence-corrected chi connectivity index (χ0v) is 13.6. The van der Waals surface area contributed by atoms with Crippen LogP contribution < -0.4 is 0 Å². The van der Waals surface area contributed by atoms with Crippen LogP contribution in [0.15, 0.2) is 61.1 Å². The monoisotopic (exact) mass is 301 g/mol. The SMILES string of the molecule is CC(C)(C)c1ccc(-n2c3ccccc3c3ccncc32)cn1. The van der Waals surface area contributed by atoms with Gasteiger partial charge in [0.1, 0.15) is 0 Å². The molecule has 0 aliphatic heterocycles. The molecule has 0 fully saturated rings. The Balaban J connectivity index is 2.01. The molecule has 0 aliphatic carbocycles. The van der Waals surface area contributed by atoms with Gasteiger partial charge in [-0.15, -0.1) is 0 Å². The molecule has 0 spiro atoms. The van der Waals surface area contributed by atoms with Gasteiger partial charge < -0.3 is 4.57 Å². The molecule has 3 nitrogen and oxygen atoms in total. The first-order valence-corrected chi connectivity index (χ1v) is 7.86. The maximum absolute atomic E-state index is 4.68. The summed E-state index contributed by atoms with van der Waals surface area (Å²) in [4.78, 5) is 8.99. The summed E-state index contributed by atoms with van der Waals surface area (Å²) >= 11 is 0. The number of para-hydroxylation sites is 1. The quantitative estimate of drug-likeness (QED) is 0.502. The molecule has 0 amide bonds. The van der Waals surface area contributed by atoms with Gasteiger partial charge in [0.25, 0.3) is 0 Å². The van der Waals surface area contributed by atoms with E-state index in [0.29, 0.717) is 0 Å². The number of hydrogen-bond donors (Lipinski definition) is 0. The molecule has 0 N–H and O–H groups in total. The van der Waals surface area contributed by atoms with Crippen LogP contribution in [0.2, 0.25) is 0 Å². The van der Waals surface area contributed by atoms with Gasteiger partial charge in [-0.25, -0.2) is 0 Å². The summed E-state index contributed by atoms with van der Waals surface area (Å²) in [5.41, 5.74) is 4.51. The van der Waals surface area contributed by atoms with Crippen molar-refractivity contribution in [2.75, 3.05) is 0 Å². The maximum Gasteiger partial charge on any atom is 0.0725 e. The van der Waals surface area contributed by atoms with E-state index in [1.54, 1.807) is 0 Å². The first-order chi connectivity index (χ1) is 11.1. The van der Waals surface area contributed by atoms with Crippen molar-refractivity contribution >= 4 is 21.8 Å². The van der Waals surface area contributed by atoms with Crippen LogP contribution >= 0.6 is 0 Å². The van der Waals surface area contributed by atoms with E-state index in [9.17, 15) is 0 Å². The van der Waals surface area contributed by atoms with E-state index < -0.39 is 0 Å². The Morgan fingerprint density at radius 1 is 0.826 bits per heavy atom. The van der Waals surface area contributed by atoms with E-state index in [-0.39, 0.29) is 5.41 Å². The van der Waals surface area contributed by atoms with E-state index in [0.717, 1.165) is 16.9 Å². The van der Waals surface area contributed by atoms with Gasteiger partial charge in [0.2, 0.25) is 0 Å². The fourth-order valence-electron chi connectivity index (χ4n) is 3.06. The number of rotatable bonds is 1. The fraction of sp³-hybridized carbons (Fsp3) is 0.200. The van der Waals surface area contributed by atoms with E-state index >= 15 is 0 Å². The highest BCUT2D eigenvalue weighted by molar-refractivity contribution is 6.08. The van der Waals surface area contributed by atoms with Crippen LogP contribution in [0.1, 0.15) is 26.5 Å². The van der Waals surface area contributed by atoms with Crippen molar-refractivity contribution in [3.8, 4) is 5.69 Å². The van der Waals surface area contributed by atoms with Crippen LogP contribution in [0.25, 0.3) is 27.5 Å². The summed E-state index contributed by atoms with van der Waals surface area (Å²) in [6, 6.07) is 14.8. The Morgan fingerprint density at radius 2 is 1.61 bits per heavy atom. The third-order valence-corrected chi connectivity index (χ3v) is 4.25. The lowest BCUT2D eigenvalue weighted by molar-refractivity contribution is 0.569. The van der Waals surface area contributed by atoms with Gasteiger partial charge >= 0.3 is 0 Å². The molecule has 0 bridgehead atoms. The summed E-state index contributed by atoms with van der Waals surface area (Å²) in [7, 11) is 0. The van der Waals surface area contributed by atoms with Crippen molar-refractivity contribution < 1.29 is 0 Å². The van der Waals surface area contributed by atoms with Gasteiger partial charge in [-0.05, 0) is 24.3 Å². The highest BCUT2D eigenvalue weighted by Gasteiger charge is 2.16. The van der Waals surface area contributed by atoms with Gasteiger partial charge in [-0.1, -0.05) is 39.0 Å². The molecule has 0 unspecified atom stereocenters. The van der Waals surface area contributed by atoms with Crippen LogP contribution in [0.5, 0.6) is 0 Å². The smallest absolute Gasteiger partial charge is 0.0725 e. The third kappa shape index (κ3) is 2.20. The molecule has 114 valence electrons. The Hall–Kier alpha value is -2.68. The van der Waals surface area contributed by atoms with Crippen molar-refractivity contribution in [1.29, 1.82) is 0 Å². The zero-order valence-electron chi connectivity index (χ0n) is 13.6. The summed E-state index contributed by atoms with van der Waals surface area (Å²) < 4.78 is 2.23. The van der Waals surface area contributed by atoms with Crippen LogP contribution in [0, 0.1) is 0 Å². The number of benzene rings is 1. The van der Waals surface area contributed by atoms with E-state index in [1.807, 2.05) is 18.6 Å². The van der Waals surface area contributed by atoms with Crippen molar-refractivity contribution in [3.63, 3.8) is 0 Å². The standard InChI is InChI=1S/C20H19N3/c1-20(2,3)19-9-8-14(12-22-19)23-17-7-5-4-6-15(17)16-10-11-21-13-18(16)23/h4-13H,1-3H3. The molecule has 0 saturated heterocycles. The average Bonchev–Trinajstić information content (AvgIpc) is 2.89. The highest BCUT2D eigenvalue weighted by atomic mass is 15.0. The second kappa shape index (κ2) is 4.92. The van der Waals surface area contributed by atoms with E-state index in [2.05, 4.69) is 77.8 Å². The minimum absolute atomic E-state index is 0.0565. The van der Waals surface area contributed by atoms with Gasteiger partial charge in [-0.3, -0.25) is 9.97 Å². The molecule has 1 aromatic carbocycles. The summed E-state index contributed by atoms with van der Waals surface area (Å²) in [6.45, 7) is 6.54. The van der Waals surface area contributed by atoms with E-state index in [1.165, 1.54) is 16.3 Å². The van der Waals surface area contributed by atoms with E-state index in [4.69, 9.17) is 0 Å². The molecule has 0 radical (unpaired) electrons. The Kier molecular flexibility index (Phi) is 2.98. The highest BCUT2D eigenvalue weighted by Crippen LogP contribution is 2.31. The fourth-order valence-corrected chi connectivity index (χ4v) is 3.06. The molecule has 4 rings (SSSR count). The lowest BCUT2D eigenvalue weighted by atomic mass is 9.92. The first kappa shape index (κ1) is 13.9. The average molecular weight is 301 g/mol. The molecule has 0 atom stereocenters. The summed E-state index contributed by atoms with van der Waals surface area (Å²) in [5, 5.41) is 2.46. The molecule has 23 heavy (non-hydrogen) atoms. The van der Waals surface area contributed by atoms with Crippen molar-refractivity contribution in [1.82, 2.24) is 14.5 Å². The molecular formula is C20H19N3. The normalized spacial score (nSPS) is 12.1. The summed E-state index contributed by atoms with van der Waals surface area (Å²) in [6.07, 6.45) is 5.73. The maximum atomic E-state index is 4.68. The Bertz CT molecular complexity index is 936. The largest absolute Gasteiger partial charge is 0.306 e. The van der Waals surface area contributed by atoms with Crippen LogP contribution in [0.3, 0.4) is 0 Å². The van der Waals surface area contributed by atoms with Crippen LogP contribution in [-0.2, 0) is 5.41 Å². The predicted octanol–water partition coefficient (Wildman–Crippen LogP) is 4.87. The molecule has 3 aromatic heterocycles. The second-order valence-corrected chi connectivity index (χ2v) is 6.90. The van der Waals surface area contributed by atoms with Gasteiger partial charge in [0, 0.05) is 28.1 Å². The van der Waals surface area contributed by atoms with Gasteiger partial charge in [0.05, 0.1) is 29.1 Å². The number of aromatic nitrogens is 3. The molecule has 0 saturated carbocycles. The predicted molar refractivity (Wildman–Crippen MR) is 95.1 cm³/mol. The minimum Gasteiger partial charge on any atom is -0.306 e. The molecule has 4 aromatic rings. The third-order valence-electron chi connectivity index (χ3n) is 4.25. The number of hydrogen-bond acceptors (Lipinski definition) is 2. The van der Waals surface area contributed by atoms with Gasteiger partial charge in [0.15, 0.2) is 0 Å². The zero-order chi connectivity index (χ0) is 16.0. The van der Waals surface area contributed by atoms with Crippen LogP contribution in [-0.4, -0.2) is 14.5 Å². The van der Waals surface area contributed by atoms with Crippen molar-refractivity contribution in [2.45, 2.75) is 26.2 Å². The molecular weight excluding hydrogens is 282 g/mol. The Morgan fingerprint density at radius 3 is 2.35 bits per heavy atom. The number of pyridine rings is 2. The van der Waals surface area contributed by atoms with Crippen molar-refractivity contribution in [2.24, 2.45) is 0 Å². The Labute approximate surface area is 135 Å². The topological polar surface area (TPSA) is 30.7 Å². The van der Waals surface area contributed by atoms with Gasteiger partial charge in [-0.2, -0.15) is 0 Å².